The number of hydrogen-bond donors (Lipinski definition) is 2. The molecule has 1 aliphatic rings. The minimum Gasteiger partial charge on any atom is -0.271 e. The van der Waals surface area contributed by atoms with Gasteiger partial charge in [-0.05, 0) is 42.1 Å². The third-order valence-corrected chi connectivity index (χ3v) is 5.31. The van der Waals surface area contributed by atoms with Crippen LogP contribution in [0.1, 0.15) is 75.4 Å². The highest BCUT2D eigenvalue weighted by atomic mass is 32.1. The Morgan fingerprint density at radius 2 is 2.00 bits per heavy atom. The molecular weight excluding hydrogens is 256 g/mol. The van der Waals surface area contributed by atoms with Crippen molar-refractivity contribution in [3.63, 3.8) is 0 Å². The summed E-state index contributed by atoms with van der Waals surface area (Å²) in [6, 6.07) is 0.232. The number of rotatable bonds is 5. The van der Waals surface area contributed by atoms with Gasteiger partial charge in [0.25, 0.3) is 0 Å². The first-order chi connectivity index (χ1) is 9.17. The van der Waals surface area contributed by atoms with Crippen molar-refractivity contribution in [3.05, 3.63) is 10.6 Å². The van der Waals surface area contributed by atoms with Crippen molar-refractivity contribution in [1.29, 1.82) is 0 Å². The Hall–Kier alpha value is -0.520. The second-order valence-corrected chi connectivity index (χ2v) is 6.80. The van der Waals surface area contributed by atoms with Gasteiger partial charge in [0.05, 0.1) is 16.6 Å². The van der Waals surface area contributed by atoms with Crippen LogP contribution >= 0.6 is 11.5 Å². The van der Waals surface area contributed by atoms with E-state index in [4.69, 9.17) is 5.84 Å². The lowest BCUT2D eigenvalue weighted by Crippen LogP contribution is -2.35. The van der Waals surface area contributed by atoms with Crippen LogP contribution in [0.3, 0.4) is 0 Å². The van der Waals surface area contributed by atoms with E-state index in [1.165, 1.54) is 48.5 Å². The molecule has 19 heavy (non-hydrogen) atoms. The van der Waals surface area contributed by atoms with Crippen LogP contribution in [0.15, 0.2) is 0 Å². The minimum atomic E-state index is 0.232. The Morgan fingerprint density at radius 1 is 1.32 bits per heavy atom. The number of nitrogens with one attached hydrogen (secondary N) is 1. The van der Waals surface area contributed by atoms with Crippen LogP contribution in [-0.4, -0.2) is 9.59 Å². The lowest BCUT2D eigenvalue weighted by atomic mass is 9.77. The fourth-order valence-electron chi connectivity index (χ4n) is 3.18. The van der Waals surface area contributed by atoms with Crippen molar-refractivity contribution in [2.24, 2.45) is 17.7 Å². The maximum atomic E-state index is 5.83. The molecule has 1 aliphatic carbocycles. The third kappa shape index (κ3) is 3.33. The molecule has 0 amide bonds. The smallest absolute Gasteiger partial charge is 0.0829 e. The van der Waals surface area contributed by atoms with Gasteiger partial charge in [-0.15, -0.1) is 5.10 Å². The summed E-state index contributed by atoms with van der Waals surface area (Å²) in [5.74, 6) is 7.79. The molecule has 108 valence electrons. The number of nitrogens with two attached hydrogens (primary N) is 1. The molecule has 5 heteroatoms. The van der Waals surface area contributed by atoms with Crippen LogP contribution < -0.4 is 11.3 Å². The summed E-state index contributed by atoms with van der Waals surface area (Å²) >= 11 is 1.51. The van der Waals surface area contributed by atoms with E-state index in [-0.39, 0.29) is 6.04 Å². The first-order valence-electron chi connectivity index (χ1n) is 7.45. The Labute approximate surface area is 120 Å². The highest BCUT2D eigenvalue weighted by molar-refractivity contribution is 7.05. The van der Waals surface area contributed by atoms with Crippen LogP contribution in [-0.2, 0) is 0 Å². The van der Waals surface area contributed by atoms with E-state index >= 15 is 0 Å². The van der Waals surface area contributed by atoms with Gasteiger partial charge >= 0.3 is 0 Å². The van der Waals surface area contributed by atoms with E-state index in [1.807, 2.05) is 0 Å². The topological polar surface area (TPSA) is 63.8 Å². The maximum Gasteiger partial charge on any atom is 0.0829 e. The first kappa shape index (κ1) is 14.9. The maximum absolute atomic E-state index is 5.83. The molecule has 3 N–H and O–H groups in total. The van der Waals surface area contributed by atoms with Gasteiger partial charge in [-0.25, -0.2) is 0 Å². The number of hydrogen-bond acceptors (Lipinski definition) is 5. The lowest BCUT2D eigenvalue weighted by molar-refractivity contribution is 0.220. The molecule has 0 radical (unpaired) electrons. The summed E-state index contributed by atoms with van der Waals surface area (Å²) in [5, 5.41) is 4.28. The monoisotopic (exact) mass is 282 g/mol. The Balaban J connectivity index is 2.10. The molecule has 0 bridgehead atoms. The van der Waals surface area contributed by atoms with E-state index in [1.54, 1.807) is 0 Å². The van der Waals surface area contributed by atoms with Gasteiger partial charge < -0.3 is 0 Å². The SMILES string of the molecule is CCC1CCC(C(NN)c2snnc2C(C)C)CC1. The molecule has 1 saturated carbocycles. The number of hydrazine groups is 1. The molecule has 1 atom stereocenters. The average Bonchev–Trinajstić information content (AvgIpc) is 2.90. The van der Waals surface area contributed by atoms with Gasteiger partial charge in [0.2, 0.25) is 0 Å². The van der Waals surface area contributed by atoms with Crippen molar-refractivity contribution in [2.75, 3.05) is 0 Å². The van der Waals surface area contributed by atoms with Crippen molar-refractivity contribution in [1.82, 2.24) is 15.0 Å². The Kier molecular flexibility index (Phi) is 5.30. The predicted octanol–water partition coefficient (Wildman–Crippen LogP) is 3.38. The molecule has 2 rings (SSSR count). The molecule has 1 fully saturated rings. The number of aromatic nitrogens is 2. The van der Waals surface area contributed by atoms with E-state index in [2.05, 4.69) is 35.8 Å². The van der Waals surface area contributed by atoms with Gasteiger partial charge in [0.1, 0.15) is 0 Å². The zero-order valence-corrected chi connectivity index (χ0v) is 13.0. The van der Waals surface area contributed by atoms with Gasteiger partial charge in [0.15, 0.2) is 0 Å². The molecule has 0 aliphatic heterocycles. The summed E-state index contributed by atoms with van der Waals surface area (Å²) in [6.07, 6.45) is 6.52. The van der Waals surface area contributed by atoms with Crippen molar-refractivity contribution in [3.8, 4) is 0 Å². The fraction of sp³-hybridized carbons (Fsp3) is 0.857. The second-order valence-electron chi connectivity index (χ2n) is 6.01. The van der Waals surface area contributed by atoms with Gasteiger partial charge in [-0.3, -0.25) is 11.3 Å². The lowest BCUT2D eigenvalue weighted by Gasteiger charge is -2.33. The molecule has 1 unspecified atom stereocenters. The summed E-state index contributed by atoms with van der Waals surface area (Å²) in [7, 11) is 0. The quantitative estimate of drug-likeness (QED) is 0.642. The highest BCUT2D eigenvalue weighted by Gasteiger charge is 2.31. The molecule has 1 heterocycles. The molecular formula is C14H26N4S. The standard InChI is InChI=1S/C14H26N4S/c1-4-10-5-7-11(8-6-10)13(16-15)14-12(9(2)3)17-18-19-14/h9-11,13,16H,4-8,15H2,1-3H3. The van der Waals surface area contributed by atoms with Crippen LogP contribution in [0.2, 0.25) is 0 Å². The van der Waals surface area contributed by atoms with E-state index in [0.29, 0.717) is 11.8 Å². The van der Waals surface area contributed by atoms with Gasteiger partial charge in [-0.1, -0.05) is 44.5 Å². The summed E-state index contributed by atoms with van der Waals surface area (Å²) < 4.78 is 4.13. The zero-order chi connectivity index (χ0) is 13.8. The zero-order valence-electron chi connectivity index (χ0n) is 12.2. The fourth-order valence-corrected chi connectivity index (χ4v) is 4.14. The van der Waals surface area contributed by atoms with E-state index in [0.717, 1.165) is 11.6 Å². The van der Waals surface area contributed by atoms with Gasteiger partial charge in [-0.2, -0.15) is 0 Å². The van der Waals surface area contributed by atoms with Crippen molar-refractivity contribution < 1.29 is 0 Å². The summed E-state index contributed by atoms with van der Waals surface area (Å²) in [5.41, 5.74) is 4.15. The molecule has 0 saturated heterocycles. The molecule has 1 aromatic heterocycles. The summed E-state index contributed by atoms with van der Waals surface area (Å²) in [6.45, 7) is 6.64. The van der Waals surface area contributed by atoms with Gasteiger partial charge in [0, 0.05) is 0 Å². The minimum absolute atomic E-state index is 0.232. The Bertz CT molecular complexity index is 383. The number of nitrogens with zero attached hydrogens (tertiary/aromatic N) is 2. The largest absolute Gasteiger partial charge is 0.271 e. The normalized spacial score (nSPS) is 25.7. The first-order valence-corrected chi connectivity index (χ1v) is 8.22. The third-order valence-electron chi connectivity index (χ3n) is 4.49. The van der Waals surface area contributed by atoms with Crippen LogP contribution in [0.5, 0.6) is 0 Å². The predicted molar refractivity (Wildman–Crippen MR) is 79.8 cm³/mol. The van der Waals surface area contributed by atoms with Crippen molar-refractivity contribution in [2.45, 2.75) is 64.8 Å². The molecule has 0 aromatic carbocycles. The average molecular weight is 282 g/mol. The Morgan fingerprint density at radius 3 is 2.53 bits per heavy atom. The molecule has 1 aromatic rings. The highest BCUT2D eigenvalue weighted by Crippen LogP contribution is 2.40. The van der Waals surface area contributed by atoms with Crippen molar-refractivity contribution >= 4 is 11.5 Å². The van der Waals surface area contributed by atoms with Crippen LogP contribution in [0, 0.1) is 11.8 Å². The molecule has 4 nitrogen and oxygen atoms in total. The van der Waals surface area contributed by atoms with Crippen LogP contribution in [0.4, 0.5) is 0 Å². The summed E-state index contributed by atoms with van der Waals surface area (Å²) in [4.78, 5) is 1.25. The van der Waals surface area contributed by atoms with Crippen LogP contribution in [0.25, 0.3) is 0 Å². The van der Waals surface area contributed by atoms with E-state index < -0.39 is 0 Å². The molecule has 0 spiro atoms. The van der Waals surface area contributed by atoms with E-state index in [9.17, 15) is 0 Å². The second kappa shape index (κ2) is 6.77.